The molecular formula is C21H29F2N3O3. The Morgan fingerprint density at radius 3 is 2.62 bits per heavy atom. The van der Waals surface area contributed by atoms with Crippen LogP contribution in [0.2, 0.25) is 0 Å². The molecular weight excluding hydrogens is 380 g/mol. The zero-order valence-corrected chi connectivity index (χ0v) is 16.8. The van der Waals surface area contributed by atoms with Crippen LogP contribution in [0.25, 0.3) is 0 Å². The quantitative estimate of drug-likeness (QED) is 0.712. The summed E-state index contributed by atoms with van der Waals surface area (Å²) in [6.45, 7) is 2.77. The standard InChI is InChI=1S/C21H29F2N3O3/c1-28-19-3-2-17(12-26-9-6-21(22,23)15-26)10-20(19)29-14-18(27)13-25-7-4-16(11-24)5-8-25/h2-3,10,16,18,27H,4-9,12-15H2,1H3. The molecule has 0 bridgehead atoms. The first-order valence-electron chi connectivity index (χ1n) is 10.1. The van der Waals surface area contributed by atoms with Crippen molar-refractivity contribution in [1.29, 1.82) is 5.26 Å². The number of β-amino-alcohol motifs (C(OH)–C–C–N with tert-alkyl or cyclic N) is 1. The number of rotatable bonds is 8. The molecule has 2 fully saturated rings. The third-order valence-corrected chi connectivity index (χ3v) is 5.55. The van der Waals surface area contributed by atoms with Crippen LogP contribution < -0.4 is 9.47 Å². The van der Waals surface area contributed by atoms with E-state index in [2.05, 4.69) is 11.0 Å². The number of ether oxygens (including phenoxy) is 2. The van der Waals surface area contributed by atoms with Crippen molar-refractivity contribution >= 4 is 0 Å². The van der Waals surface area contributed by atoms with E-state index in [0.29, 0.717) is 31.1 Å². The van der Waals surface area contributed by atoms with Gasteiger partial charge in [-0.1, -0.05) is 6.07 Å². The largest absolute Gasteiger partial charge is 0.493 e. The van der Waals surface area contributed by atoms with E-state index in [1.165, 1.54) is 0 Å². The summed E-state index contributed by atoms with van der Waals surface area (Å²) in [7, 11) is 1.54. The smallest absolute Gasteiger partial charge is 0.261 e. The Labute approximate surface area is 170 Å². The molecule has 0 radical (unpaired) electrons. The van der Waals surface area contributed by atoms with E-state index in [4.69, 9.17) is 14.7 Å². The molecule has 1 aromatic rings. The summed E-state index contributed by atoms with van der Waals surface area (Å²) in [6, 6.07) is 7.70. The number of alkyl halides is 2. The van der Waals surface area contributed by atoms with Gasteiger partial charge in [0.1, 0.15) is 12.7 Å². The van der Waals surface area contributed by atoms with Gasteiger partial charge in [-0.2, -0.15) is 5.26 Å². The number of hydrogen-bond acceptors (Lipinski definition) is 6. The number of methoxy groups -OCH3 is 1. The second kappa shape index (κ2) is 9.70. The van der Waals surface area contributed by atoms with E-state index in [1.54, 1.807) is 24.1 Å². The topological polar surface area (TPSA) is 69.0 Å². The monoisotopic (exact) mass is 409 g/mol. The molecule has 2 saturated heterocycles. The first-order valence-corrected chi connectivity index (χ1v) is 10.1. The maximum atomic E-state index is 13.4. The predicted octanol–water partition coefficient (Wildman–Crippen LogP) is 2.51. The van der Waals surface area contributed by atoms with Gasteiger partial charge in [0.25, 0.3) is 5.92 Å². The van der Waals surface area contributed by atoms with E-state index in [1.807, 2.05) is 6.07 Å². The van der Waals surface area contributed by atoms with Crippen molar-refractivity contribution in [2.75, 3.05) is 46.4 Å². The highest BCUT2D eigenvalue weighted by Gasteiger charge is 2.37. The second-order valence-electron chi connectivity index (χ2n) is 7.97. The van der Waals surface area contributed by atoms with Crippen LogP contribution in [-0.2, 0) is 6.54 Å². The third kappa shape index (κ3) is 6.26. The average Bonchev–Trinajstić information content (AvgIpc) is 3.05. The molecule has 0 aliphatic carbocycles. The van der Waals surface area contributed by atoms with E-state index in [9.17, 15) is 13.9 Å². The van der Waals surface area contributed by atoms with Gasteiger partial charge in [0.05, 0.1) is 19.7 Å². The average molecular weight is 409 g/mol. The minimum Gasteiger partial charge on any atom is -0.493 e. The van der Waals surface area contributed by atoms with Gasteiger partial charge < -0.3 is 19.5 Å². The summed E-state index contributed by atoms with van der Waals surface area (Å²) >= 11 is 0. The third-order valence-electron chi connectivity index (χ3n) is 5.55. The number of aliphatic hydroxyl groups excluding tert-OH is 1. The molecule has 0 saturated carbocycles. The number of piperidine rings is 1. The van der Waals surface area contributed by atoms with Crippen molar-refractivity contribution in [2.24, 2.45) is 5.92 Å². The lowest BCUT2D eigenvalue weighted by Gasteiger charge is -2.30. The maximum absolute atomic E-state index is 13.4. The van der Waals surface area contributed by atoms with Gasteiger partial charge in [0, 0.05) is 32.0 Å². The van der Waals surface area contributed by atoms with Crippen LogP contribution in [0.1, 0.15) is 24.8 Å². The molecule has 1 aromatic carbocycles. The molecule has 1 unspecified atom stereocenters. The first-order chi connectivity index (χ1) is 13.9. The Balaban J connectivity index is 1.52. The van der Waals surface area contributed by atoms with Gasteiger partial charge in [0.15, 0.2) is 11.5 Å². The highest BCUT2D eigenvalue weighted by Crippen LogP contribution is 2.31. The van der Waals surface area contributed by atoms with Crippen molar-refractivity contribution in [3.63, 3.8) is 0 Å². The summed E-state index contributed by atoms with van der Waals surface area (Å²) in [5.41, 5.74) is 0.867. The molecule has 6 nitrogen and oxygen atoms in total. The van der Waals surface area contributed by atoms with Crippen molar-refractivity contribution in [3.05, 3.63) is 23.8 Å². The Hall–Kier alpha value is -1.95. The van der Waals surface area contributed by atoms with Gasteiger partial charge in [0.2, 0.25) is 0 Å². The summed E-state index contributed by atoms with van der Waals surface area (Å²) in [5.74, 6) is -1.46. The summed E-state index contributed by atoms with van der Waals surface area (Å²) < 4.78 is 37.9. The molecule has 29 heavy (non-hydrogen) atoms. The van der Waals surface area contributed by atoms with Crippen LogP contribution in [0.4, 0.5) is 8.78 Å². The number of aliphatic hydroxyl groups is 1. The van der Waals surface area contributed by atoms with Crippen LogP contribution in [0.15, 0.2) is 18.2 Å². The van der Waals surface area contributed by atoms with E-state index in [0.717, 1.165) is 31.5 Å². The number of nitrogens with zero attached hydrogens (tertiary/aromatic N) is 3. The Kier molecular flexibility index (Phi) is 7.28. The summed E-state index contributed by atoms with van der Waals surface area (Å²) in [6.07, 6.45) is 0.884. The Bertz CT molecular complexity index is 718. The van der Waals surface area contributed by atoms with Crippen molar-refractivity contribution in [3.8, 4) is 17.6 Å². The first kappa shape index (κ1) is 21.8. The normalized spacial score (nSPS) is 21.6. The molecule has 1 atom stereocenters. The Morgan fingerprint density at radius 2 is 2.00 bits per heavy atom. The fourth-order valence-electron chi connectivity index (χ4n) is 3.91. The van der Waals surface area contributed by atoms with Crippen LogP contribution in [0, 0.1) is 17.2 Å². The zero-order valence-electron chi connectivity index (χ0n) is 16.8. The van der Waals surface area contributed by atoms with Crippen LogP contribution in [0.5, 0.6) is 11.5 Å². The van der Waals surface area contributed by atoms with Gasteiger partial charge >= 0.3 is 0 Å². The minimum absolute atomic E-state index is 0.107. The van der Waals surface area contributed by atoms with E-state index < -0.39 is 12.0 Å². The summed E-state index contributed by atoms with van der Waals surface area (Å²) in [4.78, 5) is 3.87. The molecule has 8 heteroatoms. The van der Waals surface area contributed by atoms with Gasteiger partial charge in [-0.15, -0.1) is 0 Å². The summed E-state index contributed by atoms with van der Waals surface area (Å²) in [5, 5.41) is 19.3. The minimum atomic E-state index is -2.61. The highest BCUT2D eigenvalue weighted by atomic mass is 19.3. The predicted molar refractivity (Wildman–Crippen MR) is 104 cm³/mol. The van der Waals surface area contributed by atoms with Crippen molar-refractivity contribution in [2.45, 2.75) is 37.8 Å². The van der Waals surface area contributed by atoms with Gasteiger partial charge in [-0.3, -0.25) is 4.90 Å². The molecule has 2 heterocycles. The second-order valence-corrected chi connectivity index (χ2v) is 7.97. The molecule has 160 valence electrons. The molecule has 1 N–H and O–H groups in total. The number of hydrogen-bond donors (Lipinski definition) is 1. The fraction of sp³-hybridized carbons (Fsp3) is 0.667. The lowest BCUT2D eigenvalue weighted by Crippen LogP contribution is -2.40. The molecule has 0 aromatic heterocycles. The maximum Gasteiger partial charge on any atom is 0.261 e. The number of benzene rings is 1. The molecule has 2 aliphatic rings. The lowest BCUT2D eigenvalue weighted by molar-refractivity contribution is 0.0115. The van der Waals surface area contributed by atoms with Crippen LogP contribution in [-0.4, -0.2) is 73.4 Å². The highest BCUT2D eigenvalue weighted by molar-refractivity contribution is 5.43. The SMILES string of the molecule is COc1ccc(CN2CCC(F)(F)C2)cc1OCC(O)CN1CCC(C#N)CC1. The zero-order chi connectivity index (χ0) is 20.9. The van der Waals surface area contributed by atoms with Crippen LogP contribution >= 0.6 is 0 Å². The van der Waals surface area contributed by atoms with Crippen molar-refractivity contribution in [1.82, 2.24) is 9.80 Å². The Morgan fingerprint density at radius 1 is 1.24 bits per heavy atom. The van der Waals surface area contributed by atoms with Crippen molar-refractivity contribution < 1.29 is 23.4 Å². The lowest BCUT2D eigenvalue weighted by atomic mass is 9.98. The van der Waals surface area contributed by atoms with E-state index >= 15 is 0 Å². The van der Waals surface area contributed by atoms with E-state index in [-0.39, 0.29) is 25.5 Å². The number of likely N-dealkylation sites (tertiary alicyclic amines) is 2. The van der Waals surface area contributed by atoms with Gasteiger partial charge in [-0.05, 0) is 43.6 Å². The molecule has 2 aliphatic heterocycles. The number of nitriles is 1. The van der Waals surface area contributed by atoms with Crippen LogP contribution in [0.3, 0.4) is 0 Å². The molecule has 3 rings (SSSR count). The fourth-order valence-corrected chi connectivity index (χ4v) is 3.91. The molecule has 0 spiro atoms. The number of halogens is 2. The van der Waals surface area contributed by atoms with Gasteiger partial charge in [-0.25, -0.2) is 8.78 Å². The molecule has 0 amide bonds.